The fourth-order valence-corrected chi connectivity index (χ4v) is 1.34. The van der Waals surface area contributed by atoms with Crippen LogP contribution in [0, 0.1) is 5.82 Å². The molecule has 0 aliphatic rings. The van der Waals surface area contributed by atoms with Crippen LogP contribution >= 0.6 is 0 Å². The number of halogens is 2. The zero-order valence-corrected chi connectivity index (χ0v) is 7.77. The third-order valence-corrected chi connectivity index (χ3v) is 1.86. The average Bonchev–Trinajstić information content (AvgIpc) is 2.01. The molecule has 0 atom stereocenters. The highest BCUT2D eigenvalue weighted by atomic mass is 19.1. The number of hydrogen-bond acceptors (Lipinski definition) is 0. The van der Waals surface area contributed by atoms with Gasteiger partial charge in [0.2, 0.25) is 0 Å². The third kappa shape index (κ3) is 1.94. The molecule has 0 fully saturated rings. The summed E-state index contributed by atoms with van der Waals surface area (Å²) in [5.41, 5.74) is -1.09. The van der Waals surface area contributed by atoms with Gasteiger partial charge in [0.25, 0.3) is 0 Å². The van der Waals surface area contributed by atoms with Gasteiger partial charge in [0, 0.05) is 5.56 Å². The highest BCUT2D eigenvalue weighted by molar-refractivity contribution is 5.53. The van der Waals surface area contributed by atoms with E-state index in [0.717, 1.165) is 0 Å². The molecule has 0 saturated carbocycles. The van der Waals surface area contributed by atoms with Crippen molar-refractivity contribution in [2.75, 3.05) is 0 Å². The standard InChI is InChI=1S/C11H12F2/c1-4-8-6-5-7-9(12)10(8)11(2,3)13/h4-7H,1H2,2-3H3. The molecule has 0 unspecified atom stereocenters. The second-order valence-electron chi connectivity index (χ2n) is 3.38. The molecular weight excluding hydrogens is 170 g/mol. The first-order valence-electron chi connectivity index (χ1n) is 4.07. The summed E-state index contributed by atoms with van der Waals surface area (Å²) in [5, 5.41) is 0. The van der Waals surface area contributed by atoms with Crippen LogP contribution in [-0.2, 0) is 5.67 Å². The van der Waals surface area contributed by atoms with Crippen LogP contribution in [-0.4, -0.2) is 0 Å². The molecule has 0 N–H and O–H groups in total. The number of benzene rings is 1. The fourth-order valence-electron chi connectivity index (χ4n) is 1.34. The molecule has 0 aliphatic heterocycles. The van der Waals surface area contributed by atoms with E-state index in [1.54, 1.807) is 12.1 Å². The summed E-state index contributed by atoms with van der Waals surface area (Å²) in [6.07, 6.45) is 1.46. The molecule has 2 heteroatoms. The summed E-state index contributed by atoms with van der Waals surface area (Å²) in [6.45, 7) is 6.18. The van der Waals surface area contributed by atoms with Gasteiger partial charge in [0.15, 0.2) is 0 Å². The second kappa shape index (κ2) is 3.29. The van der Waals surface area contributed by atoms with Crippen molar-refractivity contribution in [2.45, 2.75) is 19.5 Å². The Morgan fingerprint density at radius 1 is 1.38 bits per heavy atom. The lowest BCUT2D eigenvalue weighted by Crippen LogP contribution is -2.13. The maximum Gasteiger partial charge on any atom is 0.133 e. The van der Waals surface area contributed by atoms with Crippen LogP contribution in [0.3, 0.4) is 0 Å². The molecule has 0 amide bonds. The van der Waals surface area contributed by atoms with E-state index in [1.165, 1.54) is 26.0 Å². The highest BCUT2D eigenvalue weighted by Crippen LogP contribution is 2.30. The van der Waals surface area contributed by atoms with Crippen molar-refractivity contribution in [1.82, 2.24) is 0 Å². The van der Waals surface area contributed by atoms with Crippen LogP contribution in [0.4, 0.5) is 8.78 Å². The first-order valence-corrected chi connectivity index (χ1v) is 4.07. The Morgan fingerprint density at radius 3 is 2.38 bits per heavy atom. The van der Waals surface area contributed by atoms with Crippen LogP contribution < -0.4 is 0 Å². The molecule has 0 nitrogen and oxygen atoms in total. The first kappa shape index (κ1) is 9.90. The van der Waals surface area contributed by atoms with E-state index in [2.05, 4.69) is 6.58 Å². The molecule has 0 heterocycles. The van der Waals surface area contributed by atoms with Gasteiger partial charge in [0.1, 0.15) is 11.5 Å². The summed E-state index contributed by atoms with van der Waals surface area (Å²) in [5.74, 6) is -0.523. The van der Waals surface area contributed by atoms with E-state index in [4.69, 9.17) is 0 Å². The van der Waals surface area contributed by atoms with Crippen molar-refractivity contribution < 1.29 is 8.78 Å². The Balaban J connectivity index is 3.40. The zero-order valence-electron chi connectivity index (χ0n) is 7.77. The zero-order chi connectivity index (χ0) is 10.1. The number of rotatable bonds is 2. The molecule has 13 heavy (non-hydrogen) atoms. The van der Waals surface area contributed by atoms with E-state index in [1.807, 2.05) is 0 Å². The summed E-state index contributed by atoms with van der Waals surface area (Å²) < 4.78 is 26.8. The molecule has 0 aliphatic carbocycles. The van der Waals surface area contributed by atoms with Gasteiger partial charge in [-0.2, -0.15) is 0 Å². The molecule has 1 aromatic rings. The van der Waals surface area contributed by atoms with Crippen LogP contribution in [0.15, 0.2) is 24.8 Å². The van der Waals surface area contributed by atoms with Gasteiger partial charge < -0.3 is 0 Å². The van der Waals surface area contributed by atoms with Crippen molar-refractivity contribution >= 4 is 6.08 Å². The Labute approximate surface area is 76.9 Å². The van der Waals surface area contributed by atoms with Crippen molar-refractivity contribution in [3.63, 3.8) is 0 Å². The normalized spacial score (nSPS) is 11.4. The summed E-state index contributed by atoms with van der Waals surface area (Å²) >= 11 is 0. The van der Waals surface area contributed by atoms with Gasteiger partial charge in [-0.25, -0.2) is 8.78 Å². The maximum atomic E-state index is 13.5. The molecule has 0 spiro atoms. The van der Waals surface area contributed by atoms with Crippen molar-refractivity contribution in [3.05, 3.63) is 41.7 Å². The molecule has 70 valence electrons. The monoisotopic (exact) mass is 182 g/mol. The van der Waals surface area contributed by atoms with Gasteiger partial charge >= 0.3 is 0 Å². The van der Waals surface area contributed by atoms with Crippen LogP contribution in [0.2, 0.25) is 0 Å². The minimum absolute atomic E-state index is 0.0741. The molecule has 0 bridgehead atoms. The van der Waals surface area contributed by atoms with Crippen LogP contribution in [0.1, 0.15) is 25.0 Å². The molecule has 0 saturated heterocycles. The lowest BCUT2D eigenvalue weighted by atomic mass is 9.94. The second-order valence-corrected chi connectivity index (χ2v) is 3.38. The average molecular weight is 182 g/mol. The largest absolute Gasteiger partial charge is 0.239 e. The molecular formula is C11H12F2. The van der Waals surface area contributed by atoms with Gasteiger partial charge in [-0.15, -0.1) is 0 Å². The minimum Gasteiger partial charge on any atom is -0.239 e. The third-order valence-electron chi connectivity index (χ3n) is 1.86. The van der Waals surface area contributed by atoms with Gasteiger partial charge in [-0.1, -0.05) is 24.8 Å². The Morgan fingerprint density at radius 2 is 2.00 bits per heavy atom. The van der Waals surface area contributed by atoms with E-state index in [0.29, 0.717) is 5.56 Å². The van der Waals surface area contributed by atoms with Crippen molar-refractivity contribution in [1.29, 1.82) is 0 Å². The maximum absolute atomic E-state index is 13.5. The summed E-state index contributed by atoms with van der Waals surface area (Å²) in [4.78, 5) is 0. The van der Waals surface area contributed by atoms with Crippen LogP contribution in [0.5, 0.6) is 0 Å². The predicted molar refractivity (Wildman–Crippen MR) is 50.6 cm³/mol. The topological polar surface area (TPSA) is 0 Å². The quantitative estimate of drug-likeness (QED) is 0.654. The summed E-state index contributed by atoms with van der Waals surface area (Å²) in [7, 11) is 0. The van der Waals surface area contributed by atoms with Crippen LogP contribution in [0.25, 0.3) is 6.08 Å². The fraction of sp³-hybridized carbons (Fsp3) is 0.273. The Kier molecular flexibility index (Phi) is 2.50. The first-order chi connectivity index (χ1) is 5.96. The molecule has 1 rings (SSSR count). The van der Waals surface area contributed by atoms with Gasteiger partial charge in [0.05, 0.1) is 0 Å². The lowest BCUT2D eigenvalue weighted by molar-refractivity contribution is 0.213. The van der Waals surface area contributed by atoms with Crippen molar-refractivity contribution in [2.24, 2.45) is 0 Å². The van der Waals surface area contributed by atoms with Crippen molar-refractivity contribution in [3.8, 4) is 0 Å². The van der Waals surface area contributed by atoms with Gasteiger partial charge in [-0.3, -0.25) is 0 Å². The predicted octanol–water partition coefficient (Wildman–Crippen LogP) is 3.67. The molecule has 0 radical (unpaired) electrons. The summed E-state index contributed by atoms with van der Waals surface area (Å²) in [6, 6.07) is 4.44. The number of hydrogen-bond donors (Lipinski definition) is 0. The van der Waals surface area contributed by atoms with E-state index < -0.39 is 11.5 Å². The Bertz CT molecular complexity index is 321. The van der Waals surface area contributed by atoms with E-state index in [9.17, 15) is 8.78 Å². The van der Waals surface area contributed by atoms with E-state index >= 15 is 0 Å². The minimum atomic E-state index is -1.67. The SMILES string of the molecule is C=Cc1cccc(F)c1C(C)(C)F. The molecule has 0 aromatic heterocycles. The highest BCUT2D eigenvalue weighted by Gasteiger charge is 2.25. The Hall–Kier alpha value is -1.18. The van der Waals surface area contributed by atoms with E-state index in [-0.39, 0.29) is 5.56 Å². The number of alkyl halides is 1. The van der Waals surface area contributed by atoms with Gasteiger partial charge in [-0.05, 0) is 25.5 Å². The molecule has 1 aromatic carbocycles. The smallest absolute Gasteiger partial charge is 0.133 e. The lowest BCUT2D eigenvalue weighted by Gasteiger charge is -2.18.